The predicted molar refractivity (Wildman–Crippen MR) is 73.6 cm³/mol. The summed E-state index contributed by atoms with van der Waals surface area (Å²) in [4.78, 5) is 15.2. The van der Waals surface area contributed by atoms with E-state index in [1.165, 1.54) is 0 Å². The molecule has 0 radical (unpaired) electrons. The molecule has 104 valence electrons. The number of amidine groups is 1. The standard InChI is InChI=1S/C13H25N3O2/c1-4-12(16(17)18)11(3)10(2)6-5-7-13-14-8-9-15-13/h10-12H,4-9H2,1-3H3,(H,14,15)/t10-,11-,12?/m1/s1. The highest BCUT2D eigenvalue weighted by molar-refractivity contribution is 5.83. The molecule has 0 saturated carbocycles. The summed E-state index contributed by atoms with van der Waals surface area (Å²) in [7, 11) is 0. The maximum Gasteiger partial charge on any atom is 0.215 e. The van der Waals surface area contributed by atoms with Gasteiger partial charge in [0.2, 0.25) is 6.04 Å². The minimum Gasteiger partial charge on any atom is -0.372 e. The van der Waals surface area contributed by atoms with Gasteiger partial charge in [-0.25, -0.2) is 0 Å². The van der Waals surface area contributed by atoms with Gasteiger partial charge in [-0.1, -0.05) is 20.8 Å². The molecule has 1 aliphatic rings. The smallest absolute Gasteiger partial charge is 0.215 e. The Morgan fingerprint density at radius 3 is 2.72 bits per heavy atom. The maximum absolute atomic E-state index is 10.9. The van der Waals surface area contributed by atoms with Gasteiger partial charge in [0.25, 0.3) is 0 Å². The number of hydrogen-bond acceptors (Lipinski definition) is 4. The van der Waals surface area contributed by atoms with Gasteiger partial charge in [-0.2, -0.15) is 0 Å². The minimum atomic E-state index is -0.401. The maximum atomic E-state index is 10.9. The summed E-state index contributed by atoms with van der Waals surface area (Å²) in [5.74, 6) is 1.64. The lowest BCUT2D eigenvalue weighted by atomic mass is 9.84. The van der Waals surface area contributed by atoms with Crippen molar-refractivity contribution in [3.05, 3.63) is 10.1 Å². The lowest BCUT2D eigenvalue weighted by Gasteiger charge is -2.22. The van der Waals surface area contributed by atoms with Crippen molar-refractivity contribution in [1.29, 1.82) is 0 Å². The van der Waals surface area contributed by atoms with Crippen molar-refractivity contribution in [2.24, 2.45) is 16.8 Å². The minimum absolute atomic E-state index is 0.121. The van der Waals surface area contributed by atoms with Crippen LogP contribution in [0, 0.1) is 22.0 Å². The van der Waals surface area contributed by atoms with Crippen LogP contribution in [-0.2, 0) is 0 Å². The number of nitrogens with one attached hydrogen (secondary N) is 1. The monoisotopic (exact) mass is 255 g/mol. The third-order valence-electron chi connectivity index (χ3n) is 4.01. The highest BCUT2D eigenvalue weighted by Gasteiger charge is 2.29. The zero-order valence-corrected chi connectivity index (χ0v) is 11.7. The Labute approximate surface area is 109 Å². The van der Waals surface area contributed by atoms with Crippen LogP contribution in [0.3, 0.4) is 0 Å². The van der Waals surface area contributed by atoms with Crippen LogP contribution in [0.25, 0.3) is 0 Å². The van der Waals surface area contributed by atoms with Gasteiger partial charge in [0, 0.05) is 30.2 Å². The molecular formula is C13H25N3O2. The summed E-state index contributed by atoms with van der Waals surface area (Å²) in [6.45, 7) is 7.88. The van der Waals surface area contributed by atoms with E-state index >= 15 is 0 Å². The summed E-state index contributed by atoms with van der Waals surface area (Å²) in [5, 5.41) is 14.2. The van der Waals surface area contributed by atoms with Crippen molar-refractivity contribution in [2.75, 3.05) is 13.1 Å². The van der Waals surface area contributed by atoms with E-state index in [-0.39, 0.29) is 10.8 Å². The van der Waals surface area contributed by atoms with Gasteiger partial charge in [-0.15, -0.1) is 0 Å². The molecule has 0 aromatic rings. The first-order valence-electron chi connectivity index (χ1n) is 6.97. The first kappa shape index (κ1) is 14.9. The van der Waals surface area contributed by atoms with Gasteiger partial charge in [-0.3, -0.25) is 15.1 Å². The molecule has 0 saturated heterocycles. The van der Waals surface area contributed by atoms with Gasteiger partial charge in [0.05, 0.1) is 12.4 Å². The summed E-state index contributed by atoms with van der Waals surface area (Å²) < 4.78 is 0. The molecule has 0 aliphatic carbocycles. The van der Waals surface area contributed by atoms with Gasteiger partial charge < -0.3 is 5.32 Å². The van der Waals surface area contributed by atoms with E-state index in [1.54, 1.807) is 0 Å². The highest BCUT2D eigenvalue weighted by atomic mass is 16.6. The average Bonchev–Trinajstić information content (AvgIpc) is 2.82. The van der Waals surface area contributed by atoms with E-state index in [0.29, 0.717) is 12.3 Å². The second-order valence-corrected chi connectivity index (χ2v) is 5.24. The molecule has 0 bridgehead atoms. The molecule has 1 heterocycles. The van der Waals surface area contributed by atoms with Crippen LogP contribution >= 0.6 is 0 Å². The van der Waals surface area contributed by atoms with E-state index in [1.807, 2.05) is 13.8 Å². The Bertz CT molecular complexity index is 305. The van der Waals surface area contributed by atoms with Gasteiger partial charge in [0.15, 0.2) is 0 Å². The number of nitro groups is 1. The molecule has 0 fully saturated rings. The number of hydrogen-bond donors (Lipinski definition) is 1. The fourth-order valence-electron chi connectivity index (χ4n) is 2.56. The molecule has 3 atom stereocenters. The van der Waals surface area contributed by atoms with Crippen molar-refractivity contribution in [2.45, 2.75) is 52.5 Å². The van der Waals surface area contributed by atoms with E-state index in [0.717, 1.165) is 38.2 Å². The first-order valence-corrected chi connectivity index (χ1v) is 6.97. The van der Waals surface area contributed by atoms with Crippen LogP contribution in [0.2, 0.25) is 0 Å². The molecule has 1 aliphatic heterocycles. The van der Waals surface area contributed by atoms with E-state index in [2.05, 4.69) is 17.2 Å². The van der Waals surface area contributed by atoms with Gasteiger partial charge in [-0.05, 0) is 18.8 Å². The molecule has 1 unspecified atom stereocenters. The number of rotatable bonds is 8. The van der Waals surface area contributed by atoms with Crippen molar-refractivity contribution in [3.8, 4) is 0 Å². The number of aliphatic imine (C=N–C) groups is 1. The molecule has 0 spiro atoms. The third-order valence-corrected chi connectivity index (χ3v) is 4.01. The molecule has 5 heteroatoms. The highest BCUT2D eigenvalue weighted by Crippen LogP contribution is 2.24. The van der Waals surface area contributed by atoms with Crippen LogP contribution in [-0.4, -0.2) is 29.9 Å². The summed E-state index contributed by atoms with van der Waals surface area (Å²) in [5.41, 5.74) is 0. The Morgan fingerprint density at radius 1 is 1.50 bits per heavy atom. The lowest BCUT2D eigenvalue weighted by molar-refractivity contribution is -0.533. The van der Waals surface area contributed by atoms with Crippen LogP contribution < -0.4 is 5.32 Å². The fraction of sp³-hybridized carbons (Fsp3) is 0.923. The average molecular weight is 255 g/mol. The zero-order valence-electron chi connectivity index (χ0n) is 11.7. The molecule has 0 aromatic heterocycles. The van der Waals surface area contributed by atoms with E-state index in [4.69, 9.17) is 0 Å². The Morgan fingerprint density at radius 2 is 2.22 bits per heavy atom. The molecule has 0 aromatic carbocycles. The fourth-order valence-corrected chi connectivity index (χ4v) is 2.56. The number of nitrogens with zero attached hydrogens (tertiary/aromatic N) is 2. The molecule has 18 heavy (non-hydrogen) atoms. The summed E-state index contributed by atoms with van der Waals surface area (Å²) in [6.07, 6.45) is 3.69. The molecule has 1 rings (SSSR count). The van der Waals surface area contributed by atoms with Crippen molar-refractivity contribution >= 4 is 5.84 Å². The van der Waals surface area contributed by atoms with Crippen LogP contribution in [0.15, 0.2) is 4.99 Å². The molecular weight excluding hydrogens is 230 g/mol. The molecule has 5 nitrogen and oxygen atoms in total. The van der Waals surface area contributed by atoms with Crippen LogP contribution in [0.1, 0.15) is 46.5 Å². The van der Waals surface area contributed by atoms with Gasteiger partial charge >= 0.3 is 0 Å². The first-order chi connectivity index (χ1) is 8.56. The summed E-state index contributed by atoms with van der Waals surface area (Å²) in [6, 6.07) is -0.401. The second-order valence-electron chi connectivity index (χ2n) is 5.24. The largest absolute Gasteiger partial charge is 0.372 e. The zero-order chi connectivity index (χ0) is 13.5. The van der Waals surface area contributed by atoms with Crippen molar-refractivity contribution in [3.63, 3.8) is 0 Å². The second kappa shape index (κ2) is 7.34. The predicted octanol–water partition coefficient (Wildman–Crippen LogP) is 2.49. The Balaban J connectivity index is 2.30. The van der Waals surface area contributed by atoms with Crippen molar-refractivity contribution in [1.82, 2.24) is 5.32 Å². The molecule has 0 amide bonds. The van der Waals surface area contributed by atoms with Crippen molar-refractivity contribution < 1.29 is 4.92 Å². The Kier molecular flexibility index (Phi) is 6.09. The van der Waals surface area contributed by atoms with Crippen LogP contribution in [0.5, 0.6) is 0 Å². The quantitative estimate of drug-likeness (QED) is 0.535. The van der Waals surface area contributed by atoms with Gasteiger partial charge in [0.1, 0.15) is 0 Å². The lowest BCUT2D eigenvalue weighted by Crippen LogP contribution is -2.31. The summed E-state index contributed by atoms with van der Waals surface area (Å²) >= 11 is 0. The topological polar surface area (TPSA) is 67.5 Å². The third kappa shape index (κ3) is 4.27. The van der Waals surface area contributed by atoms with E-state index in [9.17, 15) is 10.1 Å². The SMILES string of the molecule is CCC([C@H](C)[C@H](C)CCCC1=NCCN1)[N+](=O)[O-]. The normalized spacial score (nSPS) is 19.8. The Hall–Kier alpha value is -1.13. The van der Waals surface area contributed by atoms with Crippen LogP contribution in [0.4, 0.5) is 0 Å². The molecule has 1 N–H and O–H groups in total. The van der Waals surface area contributed by atoms with E-state index < -0.39 is 6.04 Å².